The largest absolute Gasteiger partial charge is 0.477 e. The van der Waals surface area contributed by atoms with E-state index in [1.165, 1.54) is 19.4 Å². The molecule has 15 heteroatoms. The van der Waals surface area contributed by atoms with Gasteiger partial charge >= 0.3 is 6.09 Å². The lowest BCUT2D eigenvalue weighted by Crippen LogP contribution is -2.62. The fraction of sp³-hybridized carbons (Fsp3) is 0.545. The second kappa shape index (κ2) is 16.2. The first-order valence-corrected chi connectivity index (χ1v) is 24.2. The molecule has 11 nitrogen and oxygen atoms in total. The van der Waals surface area contributed by atoms with Crippen LogP contribution in [-0.2, 0) is 20.3 Å². The van der Waals surface area contributed by atoms with Crippen LogP contribution in [0.1, 0.15) is 87.1 Å². The number of benzene rings is 2. The van der Waals surface area contributed by atoms with Gasteiger partial charge in [0.05, 0.1) is 41.1 Å². The second-order valence-corrected chi connectivity index (χ2v) is 24.7. The molecule has 0 saturated carbocycles. The molecule has 2 aromatic heterocycles. The molecule has 0 aliphatic carbocycles. The Hall–Kier alpha value is -4.39. The number of piperazine rings is 1. The molecule has 5 heterocycles. The quantitative estimate of drug-likeness (QED) is 0.0736. The van der Waals surface area contributed by atoms with Crippen LogP contribution in [0.25, 0.3) is 32.9 Å². The highest BCUT2D eigenvalue weighted by Crippen LogP contribution is 2.47. The number of hydrogen-bond acceptors (Lipinski definition) is 10. The molecular weight excluding hydrogens is 793 g/mol. The molecule has 1 unspecified atom stereocenters. The van der Waals surface area contributed by atoms with Crippen LogP contribution >= 0.6 is 0 Å². The lowest BCUT2D eigenvalue weighted by molar-refractivity contribution is 0.00637. The average molecular weight is 848 g/mol. The minimum atomic E-state index is -2.33. The number of rotatable bonds is 8. The number of aromatic nitrogens is 3. The van der Waals surface area contributed by atoms with E-state index < -0.39 is 36.1 Å². The zero-order valence-electron chi connectivity index (χ0n) is 35.9. The van der Waals surface area contributed by atoms with E-state index in [0.29, 0.717) is 51.9 Å². The fourth-order valence-electron chi connectivity index (χ4n) is 9.77. The topological polar surface area (TPSA) is 116 Å². The fourth-order valence-corrected chi connectivity index (χ4v) is 15.4. The summed E-state index contributed by atoms with van der Waals surface area (Å²) in [4.78, 5) is 31.7. The van der Waals surface area contributed by atoms with Crippen molar-refractivity contribution in [3.63, 3.8) is 0 Å². The summed E-state index contributed by atoms with van der Waals surface area (Å²) in [7, 11) is -2.54. The highest BCUT2D eigenvalue weighted by Gasteiger charge is 2.51. The van der Waals surface area contributed by atoms with Gasteiger partial charge in [0.2, 0.25) is 11.0 Å². The SMILES string of the molecule is COCOc1cc(-c2nc3c4c(nc(S(C)=O)nc4c2F)N2C[C@H]4CC[C@@H]([C@H]2CCO3)N4C(=O)OC(C)(C)C)c2c(C#C[Si](C(C)C)(C(C)C)C(C)C)c(F)ccc2c1. The van der Waals surface area contributed by atoms with Crippen molar-refractivity contribution in [1.82, 2.24) is 19.9 Å². The van der Waals surface area contributed by atoms with Gasteiger partial charge in [-0.3, -0.25) is 9.11 Å². The highest BCUT2D eigenvalue weighted by atomic mass is 32.2. The van der Waals surface area contributed by atoms with E-state index in [0.717, 1.165) is 12.8 Å². The van der Waals surface area contributed by atoms with Crippen LogP contribution in [0.5, 0.6) is 11.6 Å². The average Bonchev–Trinajstić information content (AvgIpc) is 3.49. The summed E-state index contributed by atoms with van der Waals surface area (Å²) in [5.41, 5.74) is 3.95. The third-order valence-electron chi connectivity index (χ3n) is 12.2. The predicted octanol–water partition coefficient (Wildman–Crippen LogP) is 9.15. The number of amides is 1. The van der Waals surface area contributed by atoms with Gasteiger partial charge in [-0.2, -0.15) is 0 Å². The first kappa shape index (κ1) is 42.7. The zero-order valence-corrected chi connectivity index (χ0v) is 37.7. The third kappa shape index (κ3) is 7.65. The molecule has 2 fully saturated rings. The maximum Gasteiger partial charge on any atom is 0.410 e. The second-order valence-electron chi connectivity index (χ2n) is 17.8. The van der Waals surface area contributed by atoms with Crippen molar-refractivity contribution in [3.05, 3.63) is 41.5 Å². The normalized spacial score (nSPS) is 19.7. The van der Waals surface area contributed by atoms with Crippen molar-refractivity contribution >= 4 is 52.5 Å². The van der Waals surface area contributed by atoms with Crippen LogP contribution in [-0.4, -0.2) is 95.3 Å². The Bertz CT molecular complexity index is 2370. The summed E-state index contributed by atoms with van der Waals surface area (Å²) in [5.74, 6) is 2.73. The minimum Gasteiger partial charge on any atom is -0.477 e. The van der Waals surface area contributed by atoms with Gasteiger partial charge in [0, 0.05) is 37.3 Å². The van der Waals surface area contributed by atoms with Crippen molar-refractivity contribution in [1.29, 1.82) is 0 Å². The van der Waals surface area contributed by atoms with E-state index in [4.69, 9.17) is 28.9 Å². The molecule has 4 atom stereocenters. The van der Waals surface area contributed by atoms with Crippen molar-refractivity contribution in [2.45, 2.75) is 127 Å². The van der Waals surface area contributed by atoms with Crippen LogP contribution < -0.4 is 14.4 Å². The van der Waals surface area contributed by atoms with E-state index in [9.17, 15) is 9.00 Å². The number of carbonyl (C=O) groups is 1. The Morgan fingerprint density at radius 2 is 1.71 bits per heavy atom. The molecule has 0 spiro atoms. The molecule has 0 radical (unpaired) electrons. The molecule has 4 aromatic rings. The maximum atomic E-state index is 17.7. The Balaban J connectivity index is 1.47. The van der Waals surface area contributed by atoms with Crippen molar-refractivity contribution < 1.29 is 36.7 Å². The number of hydrogen-bond donors (Lipinski definition) is 0. The van der Waals surface area contributed by atoms with Gasteiger partial charge < -0.3 is 23.8 Å². The summed E-state index contributed by atoms with van der Waals surface area (Å²) >= 11 is 0. The number of nitrogens with zero attached hydrogens (tertiary/aromatic N) is 5. The van der Waals surface area contributed by atoms with Crippen LogP contribution in [0.15, 0.2) is 29.4 Å². The molecule has 2 bridgehead atoms. The van der Waals surface area contributed by atoms with Gasteiger partial charge in [0.25, 0.3) is 0 Å². The molecule has 2 saturated heterocycles. The smallest absolute Gasteiger partial charge is 0.410 e. The van der Waals surface area contributed by atoms with Crippen molar-refractivity contribution in [2.75, 3.05) is 38.2 Å². The van der Waals surface area contributed by atoms with Crippen LogP contribution in [0.4, 0.5) is 19.4 Å². The minimum absolute atomic E-state index is 0.0623. The predicted molar refractivity (Wildman–Crippen MR) is 229 cm³/mol. The van der Waals surface area contributed by atoms with Gasteiger partial charge in [0.1, 0.15) is 47.7 Å². The number of anilines is 1. The van der Waals surface area contributed by atoms with Crippen molar-refractivity contribution in [3.8, 4) is 34.4 Å². The van der Waals surface area contributed by atoms with E-state index in [1.54, 1.807) is 18.2 Å². The van der Waals surface area contributed by atoms with Gasteiger partial charge in [-0.15, -0.1) is 5.54 Å². The number of ether oxygens (including phenoxy) is 4. The van der Waals surface area contributed by atoms with Gasteiger partial charge in [-0.1, -0.05) is 53.5 Å². The molecule has 1 amide bonds. The number of halogens is 2. The lowest BCUT2D eigenvalue weighted by atomic mass is 9.95. The van der Waals surface area contributed by atoms with E-state index in [-0.39, 0.29) is 76.4 Å². The number of carbonyl (C=O) groups excluding carboxylic acids is 1. The van der Waals surface area contributed by atoms with Gasteiger partial charge in [-0.05, 0) is 73.8 Å². The monoisotopic (exact) mass is 847 g/mol. The first-order valence-electron chi connectivity index (χ1n) is 20.4. The maximum absolute atomic E-state index is 17.7. The van der Waals surface area contributed by atoms with E-state index in [2.05, 4.69) is 62.9 Å². The molecular formula is C44H55F2N5O6SSi. The molecule has 3 aliphatic rings. The molecule has 316 valence electrons. The van der Waals surface area contributed by atoms with E-state index >= 15 is 8.78 Å². The Morgan fingerprint density at radius 3 is 2.36 bits per heavy atom. The summed E-state index contributed by atoms with van der Waals surface area (Å²) < 4.78 is 70.6. The van der Waals surface area contributed by atoms with Crippen LogP contribution in [0, 0.1) is 23.1 Å². The Labute approximate surface area is 349 Å². The number of pyridine rings is 1. The summed E-state index contributed by atoms with van der Waals surface area (Å²) in [5, 5.41) is 1.11. The van der Waals surface area contributed by atoms with Crippen molar-refractivity contribution in [2.24, 2.45) is 0 Å². The standard InChI is InChI=1S/C44H55F2N5O6SSi/c1-24(2)59(25(3)4,26(5)6)19-17-30-32(45)14-12-27-20-29(56-23-54-10)21-31(35(27)30)38-37(46)39-36-40(49-42(48-39)58(11)53)50-22-28-13-15-34(33(50)16-18-55-41(36)47-38)51(28)43(52)57-44(7,8)9/h12,14,20-21,24-26,28,33-34H,13,15-16,18,22-23H2,1-11H3/t28-,33-,34+,58?/m1/s1. The number of methoxy groups -OCH3 is 1. The molecule has 3 aliphatic heterocycles. The molecule has 2 aromatic carbocycles. The van der Waals surface area contributed by atoms with Gasteiger partial charge in [-0.25, -0.2) is 28.5 Å². The third-order valence-corrected chi connectivity index (χ3v) is 19.2. The Morgan fingerprint density at radius 1 is 1.00 bits per heavy atom. The Kier molecular flexibility index (Phi) is 11.8. The van der Waals surface area contributed by atoms with Crippen LogP contribution in [0.3, 0.4) is 0 Å². The lowest BCUT2D eigenvalue weighted by Gasteiger charge is -2.48. The van der Waals surface area contributed by atoms with E-state index in [1.807, 2.05) is 25.7 Å². The van der Waals surface area contributed by atoms with Gasteiger partial charge in [0.15, 0.2) is 12.6 Å². The summed E-state index contributed by atoms with van der Waals surface area (Å²) in [6, 6.07) is 5.70. The highest BCUT2D eigenvalue weighted by molar-refractivity contribution is 7.84. The molecule has 59 heavy (non-hydrogen) atoms. The van der Waals surface area contributed by atoms with Crippen LogP contribution in [0.2, 0.25) is 16.6 Å². The first-order chi connectivity index (χ1) is 27.9. The summed E-state index contributed by atoms with van der Waals surface area (Å²) in [6.45, 7) is 19.2. The molecule has 0 N–H and O–H groups in total. The summed E-state index contributed by atoms with van der Waals surface area (Å²) in [6.07, 6.45) is 3.06. The number of fused-ring (bicyclic) bond motifs is 6. The molecule has 7 rings (SSSR count). The zero-order chi connectivity index (χ0) is 42.7.